The van der Waals surface area contributed by atoms with Crippen LogP contribution in [0.3, 0.4) is 0 Å². The van der Waals surface area contributed by atoms with Crippen LogP contribution in [0.15, 0.2) is 30.5 Å². The van der Waals surface area contributed by atoms with E-state index >= 15 is 0 Å². The average Bonchev–Trinajstić information content (AvgIpc) is 2.85. The van der Waals surface area contributed by atoms with Gasteiger partial charge < -0.3 is 5.11 Å². The lowest BCUT2D eigenvalue weighted by Crippen LogP contribution is -2.12. The molecule has 1 atom stereocenters. The molecule has 2 aromatic rings. The molecule has 0 saturated carbocycles. The summed E-state index contributed by atoms with van der Waals surface area (Å²) in [6, 6.07) is 3.95. The molecule has 0 amide bonds. The highest BCUT2D eigenvalue weighted by Gasteiger charge is 2.34. The summed E-state index contributed by atoms with van der Waals surface area (Å²) in [7, 11) is 0. The first-order chi connectivity index (χ1) is 9.34. The summed E-state index contributed by atoms with van der Waals surface area (Å²) in [6.45, 7) is 2.25. The number of aromatic nitrogens is 2. The molecule has 0 bridgehead atoms. The van der Waals surface area contributed by atoms with Crippen LogP contribution in [-0.2, 0) is 12.7 Å². The van der Waals surface area contributed by atoms with E-state index in [0.29, 0.717) is 24.4 Å². The number of hydrogen-bond acceptors (Lipinski definition) is 2. The minimum atomic E-state index is -4.80. The number of benzene rings is 1. The highest BCUT2D eigenvalue weighted by atomic mass is 19.4. The van der Waals surface area contributed by atoms with Crippen LogP contribution in [-0.4, -0.2) is 14.9 Å². The molecule has 7 heteroatoms. The van der Waals surface area contributed by atoms with E-state index in [0.717, 1.165) is 6.07 Å². The summed E-state index contributed by atoms with van der Waals surface area (Å²) >= 11 is 0. The van der Waals surface area contributed by atoms with Crippen LogP contribution in [0.25, 0.3) is 0 Å². The predicted molar refractivity (Wildman–Crippen MR) is 63.4 cm³/mol. The van der Waals surface area contributed by atoms with Gasteiger partial charge >= 0.3 is 6.18 Å². The highest BCUT2D eigenvalue weighted by Crippen LogP contribution is 2.34. The summed E-state index contributed by atoms with van der Waals surface area (Å²) in [5.74, 6) is -1.36. The van der Waals surface area contributed by atoms with Gasteiger partial charge in [-0.05, 0) is 30.7 Å². The molecule has 0 spiro atoms. The van der Waals surface area contributed by atoms with E-state index in [1.54, 1.807) is 6.92 Å². The number of nitrogens with zero attached hydrogens (tertiary/aromatic N) is 2. The monoisotopic (exact) mass is 288 g/mol. The van der Waals surface area contributed by atoms with Crippen LogP contribution in [0.2, 0.25) is 0 Å². The third kappa shape index (κ3) is 2.67. The number of hydrogen-bond donors (Lipinski definition) is 1. The fourth-order valence-electron chi connectivity index (χ4n) is 1.94. The molecule has 1 aromatic heterocycles. The van der Waals surface area contributed by atoms with Crippen LogP contribution < -0.4 is 0 Å². The van der Waals surface area contributed by atoms with Gasteiger partial charge in [-0.25, -0.2) is 4.39 Å². The molecule has 0 aliphatic rings. The molecular formula is C13H12F4N2O. The molecule has 1 N–H and O–H groups in total. The Balaban J connectivity index is 2.43. The second kappa shape index (κ2) is 5.24. The van der Waals surface area contributed by atoms with E-state index in [-0.39, 0.29) is 5.56 Å². The Kier molecular flexibility index (Phi) is 3.80. The average molecular weight is 288 g/mol. The molecule has 20 heavy (non-hydrogen) atoms. The van der Waals surface area contributed by atoms with E-state index in [9.17, 15) is 22.7 Å². The number of aliphatic hydroxyl groups excluding tert-OH is 1. The first-order valence-electron chi connectivity index (χ1n) is 5.91. The quantitative estimate of drug-likeness (QED) is 0.881. The molecule has 0 saturated heterocycles. The van der Waals surface area contributed by atoms with Crippen molar-refractivity contribution >= 4 is 0 Å². The lowest BCUT2D eigenvalue weighted by Gasteiger charge is -2.15. The molecule has 3 nitrogen and oxygen atoms in total. The lowest BCUT2D eigenvalue weighted by atomic mass is 10.0. The van der Waals surface area contributed by atoms with E-state index in [4.69, 9.17) is 0 Å². The third-order valence-electron chi connectivity index (χ3n) is 2.94. The Morgan fingerprint density at radius 3 is 2.60 bits per heavy atom. The fourth-order valence-corrected chi connectivity index (χ4v) is 1.94. The summed E-state index contributed by atoms with van der Waals surface area (Å²) in [6.07, 6.45) is -4.65. The zero-order valence-electron chi connectivity index (χ0n) is 10.5. The van der Waals surface area contributed by atoms with Crippen molar-refractivity contribution in [2.75, 3.05) is 0 Å². The van der Waals surface area contributed by atoms with Crippen molar-refractivity contribution in [3.8, 4) is 0 Å². The maximum absolute atomic E-state index is 13.2. The number of halogens is 4. The second-order valence-electron chi connectivity index (χ2n) is 4.21. The Morgan fingerprint density at radius 1 is 1.30 bits per heavy atom. The van der Waals surface area contributed by atoms with Gasteiger partial charge in [-0.3, -0.25) is 4.68 Å². The van der Waals surface area contributed by atoms with E-state index < -0.39 is 23.7 Å². The number of rotatable bonds is 3. The van der Waals surface area contributed by atoms with Gasteiger partial charge in [0.1, 0.15) is 11.9 Å². The van der Waals surface area contributed by atoms with Gasteiger partial charge in [0, 0.05) is 12.7 Å². The topological polar surface area (TPSA) is 38.0 Å². The van der Waals surface area contributed by atoms with Crippen molar-refractivity contribution in [1.29, 1.82) is 0 Å². The third-order valence-corrected chi connectivity index (χ3v) is 2.94. The van der Waals surface area contributed by atoms with E-state index in [1.807, 2.05) is 0 Å². The number of alkyl halides is 3. The van der Waals surface area contributed by atoms with Gasteiger partial charge in [0.05, 0.1) is 11.3 Å². The van der Waals surface area contributed by atoms with Crippen molar-refractivity contribution in [3.05, 3.63) is 53.1 Å². The van der Waals surface area contributed by atoms with Gasteiger partial charge in [0.25, 0.3) is 0 Å². The lowest BCUT2D eigenvalue weighted by molar-refractivity contribution is -0.140. The van der Waals surface area contributed by atoms with Crippen molar-refractivity contribution in [2.24, 2.45) is 0 Å². The maximum Gasteiger partial charge on any atom is 0.419 e. The second-order valence-corrected chi connectivity index (χ2v) is 4.21. The van der Waals surface area contributed by atoms with Crippen molar-refractivity contribution in [3.63, 3.8) is 0 Å². The normalized spacial score (nSPS) is 13.5. The highest BCUT2D eigenvalue weighted by molar-refractivity contribution is 5.32. The minimum Gasteiger partial charge on any atom is -0.382 e. The first-order valence-corrected chi connectivity index (χ1v) is 5.91. The van der Waals surface area contributed by atoms with Crippen molar-refractivity contribution < 1.29 is 22.7 Å². The Bertz CT molecular complexity index is 607. The van der Waals surface area contributed by atoms with Crippen LogP contribution in [0.5, 0.6) is 0 Å². The Morgan fingerprint density at radius 2 is 2.00 bits per heavy atom. The van der Waals surface area contributed by atoms with Crippen LogP contribution in [0, 0.1) is 5.82 Å². The molecule has 1 unspecified atom stereocenters. The molecule has 0 aliphatic carbocycles. The molecule has 0 fully saturated rings. The summed E-state index contributed by atoms with van der Waals surface area (Å²) < 4.78 is 52.6. The van der Waals surface area contributed by atoms with Crippen molar-refractivity contribution in [1.82, 2.24) is 9.78 Å². The largest absolute Gasteiger partial charge is 0.419 e. The van der Waals surface area contributed by atoms with Crippen LogP contribution >= 0.6 is 0 Å². The summed E-state index contributed by atoms with van der Waals surface area (Å²) in [5, 5.41) is 14.1. The molecular weight excluding hydrogens is 276 g/mol. The van der Waals surface area contributed by atoms with Gasteiger partial charge in [-0.2, -0.15) is 18.3 Å². The Labute approximate surface area is 112 Å². The van der Waals surface area contributed by atoms with Gasteiger partial charge in [0.15, 0.2) is 0 Å². The smallest absolute Gasteiger partial charge is 0.382 e. The van der Waals surface area contributed by atoms with E-state index in [2.05, 4.69) is 5.10 Å². The van der Waals surface area contributed by atoms with Gasteiger partial charge in [-0.1, -0.05) is 6.07 Å². The Hall–Kier alpha value is -1.89. The first kappa shape index (κ1) is 14.5. The van der Waals surface area contributed by atoms with Gasteiger partial charge in [0.2, 0.25) is 0 Å². The molecule has 0 aliphatic heterocycles. The number of aryl methyl sites for hydroxylation is 1. The molecule has 2 rings (SSSR count). The van der Waals surface area contributed by atoms with Gasteiger partial charge in [-0.15, -0.1) is 0 Å². The summed E-state index contributed by atoms with van der Waals surface area (Å²) in [5.41, 5.74) is -1.07. The van der Waals surface area contributed by atoms with Crippen LogP contribution in [0.4, 0.5) is 17.6 Å². The number of aliphatic hydroxyl groups is 1. The zero-order valence-corrected chi connectivity index (χ0v) is 10.5. The summed E-state index contributed by atoms with van der Waals surface area (Å²) in [4.78, 5) is 0. The molecule has 1 heterocycles. The van der Waals surface area contributed by atoms with E-state index in [1.165, 1.54) is 16.9 Å². The SMILES string of the molecule is CCn1nccc1C(O)c1ccc(F)c(C(F)(F)F)c1. The predicted octanol–water partition coefficient (Wildman–Crippen LogP) is 3.14. The molecule has 108 valence electrons. The van der Waals surface area contributed by atoms with Crippen molar-refractivity contribution in [2.45, 2.75) is 25.7 Å². The zero-order chi connectivity index (χ0) is 14.9. The van der Waals surface area contributed by atoms with Crippen LogP contribution in [0.1, 0.15) is 29.8 Å². The molecule has 1 aromatic carbocycles. The fraction of sp³-hybridized carbons (Fsp3) is 0.308. The maximum atomic E-state index is 13.2. The minimum absolute atomic E-state index is 0.0334. The molecule has 0 radical (unpaired) electrons. The standard InChI is InChI=1S/C13H12F4N2O/c1-2-19-11(5-6-18-19)12(20)8-3-4-10(14)9(7-8)13(15,16)17/h3-7,12,20H,2H2,1H3.